The molecule has 3 aromatic rings. The second kappa shape index (κ2) is 7.09. The second-order valence-electron chi connectivity index (χ2n) is 6.33. The maximum absolute atomic E-state index is 11.7. The quantitative estimate of drug-likeness (QED) is 0.755. The standard InChI is InChI=1S/C18H21N7O/c1-19-18(26)16-13-24-10-9-23(8-7-17(24)20-16)11-14-12-25(22-21-14)15-5-3-2-4-6-15/h2-6,12-13H,7-11H2,1H3,(H,19,26). The van der Waals surface area contributed by atoms with Crippen molar-refractivity contribution in [3.63, 3.8) is 0 Å². The maximum Gasteiger partial charge on any atom is 0.271 e. The highest BCUT2D eigenvalue weighted by Crippen LogP contribution is 2.13. The van der Waals surface area contributed by atoms with Crippen molar-refractivity contribution in [2.75, 3.05) is 20.1 Å². The van der Waals surface area contributed by atoms with Crippen LogP contribution in [0.25, 0.3) is 5.69 Å². The minimum absolute atomic E-state index is 0.139. The minimum Gasteiger partial charge on any atom is -0.354 e. The van der Waals surface area contributed by atoms with Crippen molar-refractivity contribution in [2.24, 2.45) is 0 Å². The largest absolute Gasteiger partial charge is 0.354 e. The first-order valence-electron chi connectivity index (χ1n) is 8.70. The summed E-state index contributed by atoms with van der Waals surface area (Å²) in [5.41, 5.74) is 2.44. The number of rotatable bonds is 4. The molecule has 26 heavy (non-hydrogen) atoms. The predicted octanol–water partition coefficient (Wildman–Crippen LogP) is 0.882. The second-order valence-corrected chi connectivity index (χ2v) is 6.33. The number of carbonyl (C=O) groups excluding carboxylic acids is 1. The molecular formula is C18H21N7O. The van der Waals surface area contributed by atoms with E-state index in [1.807, 2.05) is 42.7 Å². The lowest BCUT2D eigenvalue weighted by molar-refractivity contribution is 0.0958. The lowest BCUT2D eigenvalue weighted by atomic mass is 10.3. The summed E-state index contributed by atoms with van der Waals surface area (Å²) in [4.78, 5) is 18.5. The summed E-state index contributed by atoms with van der Waals surface area (Å²) >= 11 is 0. The average molecular weight is 351 g/mol. The van der Waals surface area contributed by atoms with E-state index in [1.54, 1.807) is 11.7 Å². The Kier molecular flexibility index (Phi) is 4.49. The molecule has 4 rings (SSSR count). The number of imidazole rings is 1. The number of benzene rings is 1. The molecule has 1 aliphatic heterocycles. The number of aromatic nitrogens is 5. The van der Waals surface area contributed by atoms with Crippen molar-refractivity contribution >= 4 is 5.91 Å². The molecule has 134 valence electrons. The van der Waals surface area contributed by atoms with E-state index >= 15 is 0 Å². The number of nitrogens with zero attached hydrogens (tertiary/aromatic N) is 6. The Hall–Kier alpha value is -3.00. The van der Waals surface area contributed by atoms with Gasteiger partial charge in [0.15, 0.2) is 0 Å². The molecule has 0 spiro atoms. The fourth-order valence-electron chi connectivity index (χ4n) is 3.17. The SMILES string of the molecule is CNC(=O)c1cn2c(n1)CCN(Cc1cn(-c3ccccc3)nn1)CC2. The normalized spacial score (nSPS) is 14.7. The highest BCUT2D eigenvalue weighted by atomic mass is 16.1. The monoisotopic (exact) mass is 351 g/mol. The van der Waals surface area contributed by atoms with Gasteiger partial charge in [-0.25, -0.2) is 9.67 Å². The molecule has 3 heterocycles. The molecule has 1 aromatic carbocycles. The zero-order valence-electron chi connectivity index (χ0n) is 14.7. The Bertz CT molecular complexity index is 874. The van der Waals surface area contributed by atoms with E-state index in [1.165, 1.54) is 0 Å². The first-order chi connectivity index (χ1) is 12.7. The highest BCUT2D eigenvalue weighted by molar-refractivity contribution is 5.91. The van der Waals surface area contributed by atoms with Gasteiger partial charge < -0.3 is 9.88 Å². The van der Waals surface area contributed by atoms with Gasteiger partial charge in [-0.3, -0.25) is 9.69 Å². The molecule has 0 saturated carbocycles. The molecule has 0 bridgehead atoms. The highest BCUT2D eigenvalue weighted by Gasteiger charge is 2.19. The Morgan fingerprint density at radius 2 is 2.00 bits per heavy atom. The van der Waals surface area contributed by atoms with Gasteiger partial charge in [0.25, 0.3) is 5.91 Å². The van der Waals surface area contributed by atoms with E-state index < -0.39 is 0 Å². The van der Waals surface area contributed by atoms with E-state index in [2.05, 4.69) is 30.1 Å². The lowest BCUT2D eigenvalue weighted by Crippen LogP contribution is -2.27. The number of hydrogen-bond acceptors (Lipinski definition) is 5. The van der Waals surface area contributed by atoms with E-state index in [4.69, 9.17) is 0 Å². The van der Waals surface area contributed by atoms with Gasteiger partial charge in [0.05, 0.1) is 17.6 Å². The molecule has 0 fully saturated rings. The van der Waals surface area contributed by atoms with Crippen LogP contribution >= 0.6 is 0 Å². The van der Waals surface area contributed by atoms with E-state index in [0.717, 1.165) is 49.8 Å². The van der Waals surface area contributed by atoms with Crippen LogP contribution in [0.3, 0.4) is 0 Å². The van der Waals surface area contributed by atoms with Crippen molar-refractivity contribution in [1.82, 2.24) is 34.8 Å². The fourth-order valence-corrected chi connectivity index (χ4v) is 3.17. The fraction of sp³-hybridized carbons (Fsp3) is 0.333. The van der Waals surface area contributed by atoms with Gasteiger partial charge in [-0.05, 0) is 12.1 Å². The van der Waals surface area contributed by atoms with Gasteiger partial charge >= 0.3 is 0 Å². The third-order valence-corrected chi connectivity index (χ3v) is 4.57. The molecule has 8 nitrogen and oxygen atoms in total. The third-order valence-electron chi connectivity index (χ3n) is 4.57. The Labute approximate surface area is 151 Å². The smallest absolute Gasteiger partial charge is 0.271 e. The van der Waals surface area contributed by atoms with Crippen LogP contribution in [0.2, 0.25) is 0 Å². The zero-order valence-corrected chi connectivity index (χ0v) is 14.7. The van der Waals surface area contributed by atoms with Crippen LogP contribution in [0.4, 0.5) is 0 Å². The molecule has 1 aliphatic rings. The third kappa shape index (κ3) is 3.36. The Morgan fingerprint density at radius 1 is 1.15 bits per heavy atom. The number of amides is 1. The van der Waals surface area contributed by atoms with Crippen LogP contribution in [0, 0.1) is 0 Å². The molecule has 0 saturated heterocycles. The van der Waals surface area contributed by atoms with Gasteiger partial charge in [0.2, 0.25) is 0 Å². The van der Waals surface area contributed by atoms with Crippen LogP contribution in [-0.4, -0.2) is 55.5 Å². The molecule has 0 radical (unpaired) electrons. The molecule has 2 aromatic heterocycles. The van der Waals surface area contributed by atoms with Gasteiger partial charge in [-0.2, -0.15) is 0 Å². The Morgan fingerprint density at radius 3 is 2.81 bits per heavy atom. The van der Waals surface area contributed by atoms with Crippen molar-refractivity contribution in [2.45, 2.75) is 19.5 Å². The predicted molar refractivity (Wildman–Crippen MR) is 96.0 cm³/mol. The average Bonchev–Trinajstić information content (AvgIpc) is 3.27. The lowest BCUT2D eigenvalue weighted by Gasteiger charge is -2.17. The molecular weight excluding hydrogens is 330 g/mol. The summed E-state index contributed by atoms with van der Waals surface area (Å²) in [6.07, 6.45) is 4.62. The number of fused-ring (bicyclic) bond motifs is 1. The van der Waals surface area contributed by atoms with Crippen molar-refractivity contribution in [1.29, 1.82) is 0 Å². The van der Waals surface area contributed by atoms with E-state index in [9.17, 15) is 4.79 Å². The zero-order chi connectivity index (χ0) is 17.9. The van der Waals surface area contributed by atoms with Gasteiger partial charge in [-0.15, -0.1) is 5.10 Å². The summed E-state index contributed by atoms with van der Waals surface area (Å²) in [5, 5.41) is 11.1. The van der Waals surface area contributed by atoms with Crippen LogP contribution in [0.5, 0.6) is 0 Å². The number of nitrogens with one attached hydrogen (secondary N) is 1. The van der Waals surface area contributed by atoms with Crippen LogP contribution < -0.4 is 5.32 Å². The Balaban J connectivity index is 1.41. The summed E-state index contributed by atoms with van der Waals surface area (Å²) in [6.45, 7) is 3.32. The van der Waals surface area contributed by atoms with Crippen molar-refractivity contribution in [3.05, 3.63) is 59.9 Å². The summed E-state index contributed by atoms with van der Waals surface area (Å²) in [7, 11) is 1.62. The van der Waals surface area contributed by atoms with Crippen LogP contribution in [0.1, 0.15) is 22.0 Å². The first kappa shape index (κ1) is 16.5. The molecule has 0 aliphatic carbocycles. The van der Waals surface area contributed by atoms with Gasteiger partial charge in [-0.1, -0.05) is 23.4 Å². The number of carbonyl (C=O) groups is 1. The summed E-state index contributed by atoms with van der Waals surface area (Å²) < 4.78 is 3.87. The molecule has 0 atom stereocenters. The van der Waals surface area contributed by atoms with E-state index in [-0.39, 0.29) is 5.91 Å². The number of hydrogen-bond donors (Lipinski definition) is 1. The topological polar surface area (TPSA) is 80.9 Å². The van der Waals surface area contributed by atoms with Crippen LogP contribution in [0.15, 0.2) is 42.7 Å². The molecule has 1 amide bonds. The maximum atomic E-state index is 11.7. The first-order valence-corrected chi connectivity index (χ1v) is 8.70. The number of para-hydroxylation sites is 1. The van der Waals surface area contributed by atoms with E-state index in [0.29, 0.717) is 5.69 Å². The summed E-state index contributed by atoms with van der Waals surface area (Å²) in [6, 6.07) is 9.97. The van der Waals surface area contributed by atoms with Crippen molar-refractivity contribution < 1.29 is 4.79 Å². The minimum atomic E-state index is -0.139. The molecule has 0 unspecified atom stereocenters. The molecule has 8 heteroatoms. The van der Waals surface area contributed by atoms with Crippen molar-refractivity contribution in [3.8, 4) is 5.69 Å². The summed E-state index contributed by atoms with van der Waals surface area (Å²) in [5.74, 6) is 0.819. The molecule has 1 N–H and O–H groups in total. The van der Waals surface area contributed by atoms with Gasteiger partial charge in [0.1, 0.15) is 11.5 Å². The van der Waals surface area contributed by atoms with Gasteiger partial charge in [0, 0.05) is 45.8 Å². The van der Waals surface area contributed by atoms with Crippen LogP contribution in [-0.2, 0) is 19.5 Å².